The number of rotatable bonds is 1. The lowest BCUT2D eigenvalue weighted by molar-refractivity contribution is 0.443. The van der Waals surface area contributed by atoms with Crippen LogP contribution in [-0.4, -0.2) is 28.0 Å². The number of aromatic nitrogens is 2. The Bertz CT molecular complexity index is 564. The molecule has 92 valence electrons. The largest absolute Gasteiger partial charge is 0.506 e. The maximum Gasteiger partial charge on any atom is 0.298 e. The van der Waals surface area contributed by atoms with E-state index in [1.165, 1.54) is 18.2 Å². The van der Waals surface area contributed by atoms with Gasteiger partial charge in [0.15, 0.2) is 0 Å². The first-order valence-electron chi connectivity index (χ1n) is 4.62. The molecule has 7 heteroatoms. The summed E-state index contributed by atoms with van der Waals surface area (Å²) in [5.41, 5.74) is 0. The number of aromatic amines is 1. The monoisotopic (exact) mass is 256 g/mol. The first-order valence-corrected chi connectivity index (χ1v) is 6.06. The normalized spacial score (nSPS) is 10.5. The minimum atomic E-state index is -4.28. The lowest BCUT2D eigenvalue weighted by Gasteiger charge is -1.97. The number of aromatic hydroxyl groups is 1. The van der Waals surface area contributed by atoms with Crippen molar-refractivity contribution in [3.8, 4) is 5.75 Å². The van der Waals surface area contributed by atoms with E-state index in [0.29, 0.717) is 0 Å². The Morgan fingerprint density at radius 1 is 1.29 bits per heavy atom. The fourth-order valence-electron chi connectivity index (χ4n) is 1.02. The minimum Gasteiger partial charge on any atom is -0.506 e. The molecule has 6 nitrogen and oxygen atoms in total. The van der Waals surface area contributed by atoms with Gasteiger partial charge in [0.2, 0.25) is 0 Å². The van der Waals surface area contributed by atoms with E-state index in [0.717, 1.165) is 11.9 Å². The lowest BCUT2D eigenvalue weighted by Crippen LogP contribution is -1.97. The molecule has 3 N–H and O–H groups in total. The fourth-order valence-corrected chi connectivity index (χ4v) is 1.60. The number of nitrogens with zero attached hydrogens (tertiary/aromatic N) is 1. The molecule has 1 aromatic heterocycles. The zero-order valence-corrected chi connectivity index (χ0v) is 9.85. The Morgan fingerprint density at radius 3 is 2.24 bits per heavy atom. The molecule has 2 aromatic rings. The van der Waals surface area contributed by atoms with Crippen molar-refractivity contribution in [1.82, 2.24) is 9.97 Å². The average Bonchev–Trinajstić information content (AvgIpc) is 2.69. The highest BCUT2D eigenvalue weighted by molar-refractivity contribution is 7.86. The number of imidazole rings is 1. The molecule has 1 aromatic carbocycles. The number of benzene rings is 1. The van der Waals surface area contributed by atoms with Gasteiger partial charge < -0.3 is 10.1 Å². The van der Waals surface area contributed by atoms with E-state index in [4.69, 9.17) is 9.66 Å². The molecular weight excluding hydrogens is 244 g/mol. The number of hydrogen-bond donors (Lipinski definition) is 3. The summed E-state index contributed by atoms with van der Waals surface area (Å²) in [6.45, 7) is 1.92. The summed E-state index contributed by atoms with van der Waals surface area (Å²) >= 11 is 0. The van der Waals surface area contributed by atoms with Gasteiger partial charge in [0.25, 0.3) is 10.1 Å². The SMILES string of the molecule is Cc1ncc[nH]1.O=S(=O)(O)c1ccccc1O. The van der Waals surface area contributed by atoms with Crippen LogP contribution in [0.3, 0.4) is 0 Å². The molecule has 2 rings (SSSR count). The summed E-state index contributed by atoms with van der Waals surface area (Å²) in [6.07, 6.45) is 3.53. The van der Waals surface area contributed by atoms with Crippen molar-refractivity contribution in [3.05, 3.63) is 42.5 Å². The predicted octanol–water partition coefficient (Wildman–Crippen LogP) is 1.36. The van der Waals surface area contributed by atoms with E-state index >= 15 is 0 Å². The van der Waals surface area contributed by atoms with Gasteiger partial charge in [-0.3, -0.25) is 4.55 Å². The second-order valence-corrected chi connectivity index (χ2v) is 4.51. The van der Waals surface area contributed by atoms with E-state index in [9.17, 15) is 8.42 Å². The molecule has 0 aliphatic carbocycles. The molecule has 0 aliphatic heterocycles. The van der Waals surface area contributed by atoms with E-state index in [2.05, 4.69) is 9.97 Å². The standard InChI is InChI=1S/C6H6O4S.C4H6N2/c7-5-3-1-2-4-6(5)11(8,9)10;1-4-5-2-3-6-4/h1-4,7H,(H,8,9,10);2-3H,1H3,(H,5,6). The molecule has 0 radical (unpaired) electrons. The maximum atomic E-state index is 10.4. The Balaban J connectivity index is 0.000000202. The van der Waals surface area contributed by atoms with Gasteiger partial charge in [-0.15, -0.1) is 0 Å². The minimum absolute atomic E-state index is 0.449. The van der Waals surface area contributed by atoms with Gasteiger partial charge >= 0.3 is 0 Å². The lowest BCUT2D eigenvalue weighted by atomic mass is 10.3. The molecule has 17 heavy (non-hydrogen) atoms. The third-order valence-electron chi connectivity index (χ3n) is 1.78. The van der Waals surface area contributed by atoms with Crippen molar-refractivity contribution in [2.24, 2.45) is 0 Å². The Hall–Kier alpha value is -1.86. The zero-order chi connectivity index (χ0) is 12.9. The van der Waals surface area contributed by atoms with Gasteiger partial charge in [-0.25, -0.2) is 4.98 Å². The van der Waals surface area contributed by atoms with Crippen LogP contribution in [0.4, 0.5) is 0 Å². The molecule has 0 saturated heterocycles. The second kappa shape index (κ2) is 5.46. The first-order chi connectivity index (χ1) is 7.91. The van der Waals surface area contributed by atoms with Gasteiger partial charge in [-0.2, -0.15) is 8.42 Å². The number of H-pyrrole nitrogens is 1. The second-order valence-electron chi connectivity index (χ2n) is 3.12. The summed E-state index contributed by atoms with van der Waals surface area (Å²) < 4.78 is 29.4. The summed E-state index contributed by atoms with van der Waals surface area (Å²) in [7, 11) is -4.28. The third kappa shape index (κ3) is 4.25. The summed E-state index contributed by atoms with van der Waals surface area (Å²) in [6, 6.07) is 5.17. The van der Waals surface area contributed by atoms with E-state index in [1.807, 2.05) is 6.92 Å². The Kier molecular flexibility index (Phi) is 4.24. The number of aryl methyl sites for hydroxylation is 1. The molecule has 0 amide bonds. The molecule has 0 unspecified atom stereocenters. The Labute approximate surface area is 98.7 Å². The van der Waals surface area contributed by atoms with Crippen molar-refractivity contribution in [2.45, 2.75) is 11.8 Å². The molecule has 0 aliphatic rings. The van der Waals surface area contributed by atoms with Crippen molar-refractivity contribution in [3.63, 3.8) is 0 Å². The summed E-state index contributed by atoms with van der Waals surface area (Å²) in [5.74, 6) is 0.519. The van der Waals surface area contributed by atoms with Gasteiger partial charge in [-0.05, 0) is 19.1 Å². The molecular formula is C10H12N2O4S. The fraction of sp³-hybridized carbons (Fsp3) is 0.100. The highest BCUT2D eigenvalue weighted by Gasteiger charge is 2.12. The molecule has 0 atom stereocenters. The smallest absolute Gasteiger partial charge is 0.298 e. The average molecular weight is 256 g/mol. The molecule has 1 heterocycles. The van der Waals surface area contributed by atoms with E-state index in [1.54, 1.807) is 12.4 Å². The van der Waals surface area contributed by atoms with E-state index in [-0.39, 0.29) is 0 Å². The predicted molar refractivity (Wildman–Crippen MR) is 61.2 cm³/mol. The number of nitrogens with one attached hydrogen (secondary N) is 1. The first kappa shape index (κ1) is 13.2. The number of phenols is 1. The van der Waals surface area contributed by atoms with Crippen LogP contribution in [0, 0.1) is 6.92 Å². The third-order valence-corrected chi connectivity index (χ3v) is 2.68. The number of hydrogen-bond acceptors (Lipinski definition) is 4. The van der Waals surface area contributed by atoms with Gasteiger partial charge in [-0.1, -0.05) is 12.1 Å². The van der Waals surface area contributed by atoms with Crippen molar-refractivity contribution in [2.75, 3.05) is 0 Å². The highest BCUT2D eigenvalue weighted by Crippen LogP contribution is 2.20. The molecule has 0 spiro atoms. The van der Waals surface area contributed by atoms with Crippen LogP contribution in [0.15, 0.2) is 41.6 Å². The van der Waals surface area contributed by atoms with Crippen LogP contribution in [0.5, 0.6) is 5.75 Å². The van der Waals surface area contributed by atoms with Crippen LogP contribution in [0.25, 0.3) is 0 Å². The zero-order valence-electron chi connectivity index (χ0n) is 9.03. The number of para-hydroxylation sites is 1. The molecule has 0 bridgehead atoms. The van der Waals surface area contributed by atoms with Crippen LogP contribution >= 0.6 is 0 Å². The van der Waals surface area contributed by atoms with Gasteiger partial charge in [0, 0.05) is 12.4 Å². The molecule has 0 fully saturated rings. The molecule has 0 saturated carbocycles. The summed E-state index contributed by atoms with van der Waals surface area (Å²) in [5, 5.41) is 8.91. The number of phenolic OH excluding ortho intramolecular Hbond substituents is 1. The Morgan fingerprint density at radius 2 is 1.94 bits per heavy atom. The summed E-state index contributed by atoms with van der Waals surface area (Å²) in [4.78, 5) is 6.28. The van der Waals surface area contributed by atoms with Crippen molar-refractivity contribution >= 4 is 10.1 Å². The van der Waals surface area contributed by atoms with Crippen molar-refractivity contribution in [1.29, 1.82) is 0 Å². The quantitative estimate of drug-likeness (QED) is 0.668. The van der Waals surface area contributed by atoms with Crippen molar-refractivity contribution < 1.29 is 18.1 Å². The topological polar surface area (TPSA) is 103 Å². The van der Waals surface area contributed by atoms with Gasteiger partial charge in [0.1, 0.15) is 16.5 Å². The van der Waals surface area contributed by atoms with Crippen LogP contribution in [0.1, 0.15) is 5.82 Å². The van der Waals surface area contributed by atoms with Crippen LogP contribution < -0.4 is 0 Å². The maximum absolute atomic E-state index is 10.4. The highest BCUT2D eigenvalue weighted by atomic mass is 32.2. The van der Waals surface area contributed by atoms with E-state index < -0.39 is 20.8 Å². The van der Waals surface area contributed by atoms with Crippen LogP contribution in [0.2, 0.25) is 0 Å². The van der Waals surface area contributed by atoms with Gasteiger partial charge in [0.05, 0.1) is 0 Å². The van der Waals surface area contributed by atoms with Crippen LogP contribution in [-0.2, 0) is 10.1 Å².